The molecule has 17 heavy (non-hydrogen) atoms. The summed E-state index contributed by atoms with van der Waals surface area (Å²) in [4.78, 5) is 0. The second-order valence-electron chi connectivity index (χ2n) is 5.52. The third-order valence-electron chi connectivity index (χ3n) is 4.06. The highest BCUT2D eigenvalue weighted by Crippen LogP contribution is 2.26. The second-order valence-corrected chi connectivity index (χ2v) is 7.53. The van der Waals surface area contributed by atoms with Gasteiger partial charge < -0.3 is 5.73 Å². The van der Waals surface area contributed by atoms with E-state index >= 15 is 0 Å². The van der Waals surface area contributed by atoms with Gasteiger partial charge in [0.25, 0.3) is 0 Å². The Morgan fingerprint density at radius 3 is 2.18 bits per heavy atom. The topological polar surface area (TPSA) is 63.4 Å². The van der Waals surface area contributed by atoms with Crippen LogP contribution in [-0.4, -0.2) is 37.6 Å². The fraction of sp³-hybridized carbons (Fsp3) is 1.00. The van der Waals surface area contributed by atoms with Crippen molar-refractivity contribution < 1.29 is 8.42 Å². The van der Waals surface area contributed by atoms with Crippen molar-refractivity contribution in [2.75, 3.05) is 18.8 Å². The van der Waals surface area contributed by atoms with Crippen molar-refractivity contribution in [1.29, 1.82) is 0 Å². The van der Waals surface area contributed by atoms with Crippen molar-refractivity contribution in [3.63, 3.8) is 0 Å². The molecule has 1 heterocycles. The van der Waals surface area contributed by atoms with Gasteiger partial charge in [-0.1, -0.05) is 19.3 Å². The summed E-state index contributed by atoms with van der Waals surface area (Å²) in [6, 6.07) is 0.191. The summed E-state index contributed by atoms with van der Waals surface area (Å²) in [6.07, 6.45) is 7.47. The average Bonchev–Trinajstić information content (AvgIpc) is 2.30. The van der Waals surface area contributed by atoms with E-state index in [1.807, 2.05) is 0 Å². The molecule has 1 saturated heterocycles. The van der Waals surface area contributed by atoms with Crippen LogP contribution < -0.4 is 5.73 Å². The van der Waals surface area contributed by atoms with Gasteiger partial charge in [-0.25, -0.2) is 12.7 Å². The molecule has 100 valence electrons. The van der Waals surface area contributed by atoms with Gasteiger partial charge in [0.1, 0.15) is 0 Å². The number of rotatable bonds is 3. The first-order valence-electron chi connectivity index (χ1n) is 6.81. The Morgan fingerprint density at radius 1 is 1.00 bits per heavy atom. The van der Waals surface area contributed by atoms with E-state index in [0.29, 0.717) is 24.8 Å². The molecule has 0 unspecified atom stereocenters. The molecule has 0 aromatic heterocycles. The molecule has 1 aliphatic heterocycles. The zero-order valence-corrected chi connectivity index (χ0v) is 11.3. The van der Waals surface area contributed by atoms with Crippen molar-refractivity contribution in [2.24, 2.45) is 11.7 Å². The lowest BCUT2D eigenvalue weighted by atomic mass is 9.91. The number of sulfonamides is 1. The molecule has 0 aromatic rings. The number of nitrogens with zero attached hydrogens (tertiary/aromatic N) is 1. The van der Waals surface area contributed by atoms with Crippen LogP contribution in [0.5, 0.6) is 0 Å². The minimum absolute atomic E-state index is 0.191. The zero-order valence-electron chi connectivity index (χ0n) is 10.5. The highest BCUT2D eigenvalue weighted by atomic mass is 32.2. The van der Waals surface area contributed by atoms with Crippen molar-refractivity contribution in [2.45, 2.75) is 51.0 Å². The second kappa shape index (κ2) is 5.67. The van der Waals surface area contributed by atoms with E-state index < -0.39 is 10.0 Å². The van der Waals surface area contributed by atoms with Gasteiger partial charge in [-0.05, 0) is 31.6 Å². The summed E-state index contributed by atoms with van der Waals surface area (Å²) in [5.41, 5.74) is 5.80. The van der Waals surface area contributed by atoms with E-state index in [0.717, 1.165) is 25.7 Å². The normalized spacial score (nSPS) is 26.2. The lowest BCUT2D eigenvalue weighted by Gasteiger charge is -2.31. The Labute approximate surface area is 105 Å². The molecule has 1 saturated carbocycles. The highest BCUT2D eigenvalue weighted by Gasteiger charge is 2.29. The fourth-order valence-corrected chi connectivity index (χ4v) is 4.82. The van der Waals surface area contributed by atoms with Crippen LogP contribution in [0.1, 0.15) is 44.9 Å². The largest absolute Gasteiger partial charge is 0.328 e. The molecule has 0 aromatic carbocycles. The monoisotopic (exact) mass is 260 g/mol. The van der Waals surface area contributed by atoms with E-state index in [4.69, 9.17) is 5.73 Å². The van der Waals surface area contributed by atoms with Crippen LogP contribution in [0.25, 0.3) is 0 Å². The lowest BCUT2D eigenvalue weighted by Crippen LogP contribution is -2.44. The van der Waals surface area contributed by atoms with Gasteiger partial charge in [0.05, 0.1) is 5.75 Å². The molecule has 2 aliphatic rings. The van der Waals surface area contributed by atoms with Crippen LogP contribution in [0.2, 0.25) is 0 Å². The van der Waals surface area contributed by atoms with Crippen LogP contribution >= 0.6 is 0 Å². The number of nitrogens with two attached hydrogens (primary N) is 1. The first kappa shape index (κ1) is 13.3. The van der Waals surface area contributed by atoms with E-state index in [1.54, 1.807) is 4.31 Å². The summed E-state index contributed by atoms with van der Waals surface area (Å²) in [7, 11) is -3.03. The number of piperidine rings is 1. The van der Waals surface area contributed by atoms with Gasteiger partial charge in [-0.2, -0.15) is 0 Å². The van der Waals surface area contributed by atoms with Crippen LogP contribution in [-0.2, 0) is 10.0 Å². The maximum atomic E-state index is 12.2. The quantitative estimate of drug-likeness (QED) is 0.832. The highest BCUT2D eigenvalue weighted by molar-refractivity contribution is 7.89. The molecule has 0 radical (unpaired) electrons. The van der Waals surface area contributed by atoms with Crippen LogP contribution in [0.15, 0.2) is 0 Å². The number of hydrogen-bond acceptors (Lipinski definition) is 3. The molecule has 0 bridgehead atoms. The minimum atomic E-state index is -3.03. The third-order valence-corrected chi connectivity index (χ3v) is 6.11. The molecular weight excluding hydrogens is 236 g/mol. The first-order valence-corrected chi connectivity index (χ1v) is 8.42. The predicted octanol–water partition coefficient (Wildman–Crippen LogP) is 1.32. The van der Waals surface area contributed by atoms with Crippen LogP contribution in [0, 0.1) is 5.92 Å². The standard InChI is InChI=1S/C12H24N2O2S/c13-12-6-8-14(9-7-12)17(15,16)10-11-4-2-1-3-5-11/h11-12H,1-10,13H2. The smallest absolute Gasteiger partial charge is 0.214 e. The van der Waals surface area contributed by atoms with E-state index in [9.17, 15) is 8.42 Å². The average molecular weight is 260 g/mol. The van der Waals surface area contributed by atoms with Gasteiger partial charge in [-0.15, -0.1) is 0 Å². The molecule has 0 amide bonds. The summed E-state index contributed by atoms with van der Waals surface area (Å²) in [5.74, 6) is 0.756. The van der Waals surface area contributed by atoms with E-state index in [-0.39, 0.29) is 6.04 Å². The maximum Gasteiger partial charge on any atom is 0.214 e. The Kier molecular flexibility index (Phi) is 4.44. The molecule has 2 fully saturated rings. The molecular formula is C12H24N2O2S. The fourth-order valence-electron chi connectivity index (χ4n) is 2.91. The predicted molar refractivity (Wildman–Crippen MR) is 69.1 cm³/mol. The molecule has 5 heteroatoms. The molecule has 2 rings (SSSR count). The van der Waals surface area contributed by atoms with Gasteiger partial charge in [0.15, 0.2) is 0 Å². The summed E-state index contributed by atoms with van der Waals surface area (Å²) in [6.45, 7) is 1.24. The Bertz CT molecular complexity index is 328. The van der Waals surface area contributed by atoms with E-state index in [2.05, 4.69) is 0 Å². The first-order chi connectivity index (χ1) is 8.08. The van der Waals surface area contributed by atoms with Crippen LogP contribution in [0.4, 0.5) is 0 Å². The van der Waals surface area contributed by atoms with Gasteiger partial charge in [0.2, 0.25) is 10.0 Å². The van der Waals surface area contributed by atoms with Crippen molar-refractivity contribution in [1.82, 2.24) is 4.31 Å². The maximum absolute atomic E-state index is 12.2. The minimum Gasteiger partial charge on any atom is -0.328 e. The van der Waals surface area contributed by atoms with Gasteiger partial charge >= 0.3 is 0 Å². The lowest BCUT2D eigenvalue weighted by molar-refractivity contribution is 0.312. The molecule has 0 spiro atoms. The molecule has 4 nitrogen and oxygen atoms in total. The summed E-state index contributed by atoms with van der Waals surface area (Å²) < 4.78 is 26.1. The molecule has 0 atom stereocenters. The summed E-state index contributed by atoms with van der Waals surface area (Å²) >= 11 is 0. The zero-order chi connectivity index (χ0) is 12.3. The van der Waals surface area contributed by atoms with E-state index in [1.165, 1.54) is 19.3 Å². The third kappa shape index (κ3) is 3.66. The molecule has 2 N–H and O–H groups in total. The van der Waals surface area contributed by atoms with Crippen molar-refractivity contribution in [3.8, 4) is 0 Å². The van der Waals surface area contributed by atoms with Gasteiger partial charge in [-0.3, -0.25) is 0 Å². The summed E-state index contributed by atoms with van der Waals surface area (Å²) in [5, 5.41) is 0. The van der Waals surface area contributed by atoms with Crippen molar-refractivity contribution in [3.05, 3.63) is 0 Å². The number of hydrogen-bond donors (Lipinski definition) is 1. The Morgan fingerprint density at radius 2 is 1.59 bits per heavy atom. The Hall–Kier alpha value is -0.130. The Balaban J connectivity index is 1.89. The van der Waals surface area contributed by atoms with Crippen LogP contribution in [0.3, 0.4) is 0 Å². The molecule has 1 aliphatic carbocycles. The van der Waals surface area contributed by atoms with Gasteiger partial charge in [0, 0.05) is 19.1 Å². The van der Waals surface area contributed by atoms with Crippen molar-refractivity contribution >= 4 is 10.0 Å². The SMILES string of the molecule is NC1CCN(S(=O)(=O)CC2CCCCC2)CC1.